The molecular weight excluding hydrogens is 278 g/mol. The summed E-state index contributed by atoms with van der Waals surface area (Å²) in [4.78, 5) is 25.8. The fourth-order valence-corrected chi connectivity index (χ4v) is 3.05. The molecule has 3 rings (SSSR count). The summed E-state index contributed by atoms with van der Waals surface area (Å²) in [6, 6.07) is 1.74. The molecule has 2 aromatic rings. The van der Waals surface area contributed by atoms with E-state index >= 15 is 0 Å². The molecule has 1 saturated heterocycles. The Morgan fingerprint density at radius 2 is 1.95 bits per heavy atom. The number of pyridine rings is 1. The third-order valence-corrected chi connectivity index (χ3v) is 4.54. The SMILES string of the molecule is CN1CCN(C(C)(C)Cn2cnc3cnccc3c2=O)CC1. The molecule has 3 heterocycles. The number of rotatable bonds is 3. The van der Waals surface area contributed by atoms with Crippen LogP contribution in [0.2, 0.25) is 0 Å². The Bertz CT molecular complexity index is 716. The molecule has 0 radical (unpaired) electrons. The molecule has 22 heavy (non-hydrogen) atoms. The lowest BCUT2D eigenvalue weighted by Gasteiger charge is -2.43. The maximum atomic E-state index is 12.6. The molecule has 2 aromatic heterocycles. The van der Waals surface area contributed by atoms with Gasteiger partial charge in [0.2, 0.25) is 0 Å². The zero-order valence-electron chi connectivity index (χ0n) is 13.5. The number of hydrogen-bond acceptors (Lipinski definition) is 5. The average molecular weight is 301 g/mol. The Morgan fingerprint density at radius 1 is 1.23 bits per heavy atom. The Labute approximate surface area is 130 Å². The van der Waals surface area contributed by atoms with Gasteiger partial charge in [-0.05, 0) is 27.0 Å². The van der Waals surface area contributed by atoms with Crippen LogP contribution in [0.3, 0.4) is 0 Å². The van der Waals surface area contributed by atoms with Crippen LogP contribution >= 0.6 is 0 Å². The van der Waals surface area contributed by atoms with Crippen LogP contribution in [0.4, 0.5) is 0 Å². The largest absolute Gasteiger partial charge is 0.304 e. The van der Waals surface area contributed by atoms with Crippen LogP contribution in [-0.2, 0) is 6.54 Å². The van der Waals surface area contributed by atoms with Gasteiger partial charge in [-0.15, -0.1) is 0 Å². The van der Waals surface area contributed by atoms with Crippen LogP contribution in [0.5, 0.6) is 0 Å². The zero-order chi connectivity index (χ0) is 15.7. The van der Waals surface area contributed by atoms with Crippen molar-refractivity contribution in [2.24, 2.45) is 0 Å². The summed E-state index contributed by atoms with van der Waals surface area (Å²) < 4.78 is 1.72. The maximum absolute atomic E-state index is 12.6. The second-order valence-electron chi connectivity index (χ2n) is 6.67. The van der Waals surface area contributed by atoms with E-state index in [0.29, 0.717) is 17.4 Å². The van der Waals surface area contributed by atoms with Gasteiger partial charge >= 0.3 is 0 Å². The smallest absolute Gasteiger partial charge is 0.261 e. The van der Waals surface area contributed by atoms with Gasteiger partial charge in [0, 0.05) is 44.5 Å². The summed E-state index contributed by atoms with van der Waals surface area (Å²) in [5, 5.41) is 0.631. The predicted octanol–water partition coefficient (Wildman–Crippen LogP) is 0.817. The molecule has 0 amide bonds. The lowest BCUT2D eigenvalue weighted by molar-refractivity contribution is 0.0504. The highest BCUT2D eigenvalue weighted by atomic mass is 16.1. The van der Waals surface area contributed by atoms with Gasteiger partial charge in [0.05, 0.1) is 23.4 Å². The van der Waals surface area contributed by atoms with E-state index < -0.39 is 0 Å². The highest BCUT2D eigenvalue weighted by molar-refractivity contribution is 5.75. The fraction of sp³-hybridized carbons (Fsp3) is 0.562. The van der Waals surface area contributed by atoms with E-state index in [2.05, 4.69) is 40.7 Å². The van der Waals surface area contributed by atoms with Crippen LogP contribution in [0.25, 0.3) is 10.9 Å². The van der Waals surface area contributed by atoms with Crippen molar-refractivity contribution in [2.45, 2.75) is 25.9 Å². The number of aromatic nitrogens is 3. The van der Waals surface area contributed by atoms with Crippen molar-refractivity contribution in [3.63, 3.8) is 0 Å². The van der Waals surface area contributed by atoms with Crippen molar-refractivity contribution in [2.75, 3.05) is 33.2 Å². The summed E-state index contributed by atoms with van der Waals surface area (Å²) in [5.74, 6) is 0. The number of likely N-dealkylation sites (N-methyl/N-ethyl adjacent to an activating group) is 1. The topological polar surface area (TPSA) is 54.3 Å². The van der Waals surface area contributed by atoms with Crippen LogP contribution in [-0.4, -0.2) is 63.1 Å². The minimum absolute atomic E-state index is 0.00889. The van der Waals surface area contributed by atoms with Gasteiger partial charge in [-0.1, -0.05) is 0 Å². The second kappa shape index (κ2) is 5.78. The van der Waals surface area contributed by atoms with Gasteiger partial charge in [0.1, 0.15) is 0 Å². The first-order chi connectivity index (χ1) is 10.5. The molecule has 6 heteroatoms. The lowest BCUT2D eigenvalue weighted by atomic mass is 10.0. The van der Waals surface area contributed by atoms with Crippen LogP contribution in [0.15, 0.2) is 29.6 Å². The summed E-state index contributed by atoms with van der Waals surface area (Å²) in [6.07, 6.45) is 4.91. The van der Waals surface area contributed by atoms with Crippen LogP contribution in [0, 0.1) is 0 Å². The molecule has 118 valence electrons. The molecule has 1 aliphatic heterocycles. The van der Waals surface area contributed by atoms with Crippen molar-refractivity contribution in [1.29, 1.82) is 0 Å². The van der Waals surface area contributed by atoms with Gasteiger partial charge in [0.15, 0.2) is 0 Å². The Morgan fingerprint density at radius 3 is 2.68 bits per heavy atom. The van der Waals surface area contributed by atoms with Crippen molar-refractivity contribution < 1.29 is 0 Å². The number of piperazine rings is 1. The van der Waals surface area contributed by atoms with E-state index in [4.69, 9.17) is 0 Å². The normalized spacial score (nSPS) is 18.0. The van der Waals surface area contributed by atoms with Crippen molar-refractivity contribution in [3.8, 4) is 0 Å². The van der Waals surface area contributed by atoms with Crippen LogP contribution < -0.4 is 5.56 Å². The zero-order valence-corrected chi connectivity index (χ0v) is 13.5. The Balaban J connectivity index is 1.86. The minimum Gasteiger partial charge on any atom is -0.304 e. The minimum atomic E-state index is -0.0759. The van der Waals surface area contributed by atoms with Crippen molar-refractivity contribution >= 4 is 10.9 Å². The van der Waals surface area contributed by atoms with Gasteiger partial charge in [-0.3, -0.25) is 19.2 Å². The first-order valence-corrected chi connectivity index (χ1v) is 7.70. The standard InChI is InChI=1S/C16H23N5O/c1-16(2,21-8-6-19(3)7-9-21)11-20-12-18-14-10-17-5-4-13(14)15(20)22/h4-5,10,12H,6-9,11H2,1-3H3. The molecule has 6 nitrogen and oxygen atoms in total. The first kappa shape index (κ1) is 15.1. The van der Waals surface area contributed by atoms with E-state index in [9.17, 15) is 4.79 Å². The monoisotopic (exact) mass is 301 g/mol. The molecule has 1 aliphatic rings. The number of fused-ring (bicyclic) bond motifs is 1. The van der Waals surface area contributed by atoms with E-state index in [1.807, 2.05) is 0 Å². The quantitative estimate of drug-likeness (QED) is 0.840. The maximum Gasteiger partial charge on any atom is 0.261 e. The van der Waals surface area contributed by atoms with E-state index in [-0.39, 0.29) is 11.1 Å². The Kier molecular flexibility index (Phi) is 3.97. The highest BCUT2D eigenvalue weighted by Gasteiger charge is 2.29. The molecule has 0 unspecified atom stereocenters. The molecule has 0 aliphatic carbocycles. The van der Waals surface area contributed by atoms with E-state index in [1.54, 1.807) is 29.4 Å². The molecule has 0 spiro atoms. The summed E-state index contributed by atoms with van der Waals surface area (Å²) >= 11 is 0. The first-order valence-electron chi connectivity index (χ1n) is 7.70. The molecule has 0 N–H and O–H groups in total. The second-order valence-corrected chi connectivity index (χ2v) is 6.67. The van der Waals surface area contributed by atoms with Crippen LogP contribution in [0.1, 0.15) is 13.8 Å². The fourth-order valence-electron chi connectivity index (χ4n) is 3.05. The summed E-state index contributed by atoms with van der Waals surface area (Å²) in [5.41, 5.74) is 0.587. The van der Waals surface area contributed by atoms with Crippen molar-refractivity contribution in [1.82, 2.24) is 24.3 Å². The van der Waals surface area contributed by atoms with Gasteiger partial charge in [-0.25, -0.2) is 4.98 Å². The summed E-state index contributed by atoms with van der Waals surface area (Å²) in [7, 11) is 2.15. The van der Waals surface area contributed by atoms with Gasteiger partial charge < -0.3 is 4.90 Å². The molecule has 1 fully saturated rings. The molecule has 0 aromatic carbocycles. The van der Waals surface area contributed by atoms with E-state index in [0.717, 1.165) is 26.2 Å². The highest BCUT2D eigenvalue weighted by Crippen LogP contribution is 2.18. The predicted molar refractivity (Wildman–Crippen MR) is 86.9 cm³/mol. The summed E-state index contributed by atoms with van der Waals surface area (Å²) in [6.45, 7) is 9.23. The molecular formula is C16H23N5O. The third-order valence-electron chi connectivity index (χ3n) is 4.54. The lowest BCUT2D eigenvalue weighted by Crippen LogP contribution is -2.55. The van der Waals surface area contributed by atoms with Gasteiger partial charge in [0.25, 0.3) is 5.56 Å². The molecule has 0 bridgehead atoms. The average Bonchev–Trinajstić information content (AvgIpc) is 2.51. The Hall–Kier alpha value is -1.79. The van der Waals surface area contributed by atoms with Gasteiger partial charge in [-0.2, -0.15) is 0 Å². The third kappa shape index (κ3) is 2.89. The number of nitrogens with zero attached hydrogens (tertiary/aromatic N) is 5. The van der Waals surface area contributed by atoms with E-state index in [1.165, 1.54) is 0 Å². The molecule has 0 atom stereocenters. The molecule has 0 saturated carbocycles. The van der Waals surface area contributed by atoms with Crippen molar-refractivity contribution in [3.05, 3.63) is 35.1 Å². The number of hydrogen-bond donors (Lipinski definition) is 0.